The maximum atomic E-state index is 5.32. The van der Waals surface area contributed by atoms with Crippen LogP contribution in [0.4, 0.5) is 5.69 Å². The van der Waals surface area contributed by atoms with Crippen LogP contribution in [0.1, 0.15) is 25.0 Å². The average Bonchev–Trinajstić information content (AvgIpc) is 2.41. The average molecular weight is 255 g/mol. The quantitative estimate of drug-likeness (QED) is 0.868. The lowest BCUT2D eigenvalue weighted by atomic mass is 10.0. The van der Waals surface area contributed by atoms with E-state index >= 15 is 0 Å². The third-order valence-electron chi connectivity index (χ3n) is 2.99. The zero-order valence-electron chi connectivity index (χ0n) is 11.8. The molecule has 0 spiro atoms. The molecule has 2 nitrogen and oxygen atoms in total. The minimum atomic E-state index is 0.419. The lowest BCUT2D eigenvalue weighted by molar-refractivity contribution is 0.414. The highest BCUT2D eigenvalue weighted by molar-refractivity contribution is 5.56. The van der Waals surface area contributed by atoms with Gasteiger partial charge in [-0.2, -0.15) is 0 Å². The molecule has 0 saturated heterocycles. The van der Waals surface area contributed by atoms with Gasteiger partial charge in [0.05, 0.1) is 7.11 Å². The van der Waals surface area contributed by atoms with Crippen LogP contribution in [0.25, 0.3) is 0 Å². The van der Waals surface area contributed by atoms with Crippen molar-refractivity contribution in [1.82, 2.24) is 0 Å². The molecule has 0 heterocycles. The number of benzene rings is 2. The maximum Gasteiger partial charge on any atom is 0.119 e. The second-order valence-electron chi connectivity index (χ2n) is 4.98. The second-order valence-corrected chi connectivity index (χ2v) is 4.98. The zero-order chi connectivity index (χ0) is 13.7. The van der Waals surface area contributed by atoms with E-state index in [1.54, 1.807) is 7.11 Å². The molecule has 0 saturated carbocycles. The zero-order valence-corrected chi connectivity index (χ0v) is 11.8. The van der Waals surface area contributed by atoms with Gasteiger partial charge in [-0.15, -0.1) is 0 Å². The van der Waals surface area contributed by atoms with Crippen LogP contribution in [-0.2, 0) is 6.42 Å². The van der Waals surface area contributed by atoms with Crippen LogP contribution >= 0.6 is 0 Å². The van der Waals surface area contributed by atoms with E-state index in [0.717, 1.165) is 12.2 Å². The largest absolute Gasteiger partial charge is 0.497 e. The summed E-state index contributed by atoms with van der Waals surface area (Å²) in [5.41, 5.74) is 3.75. The van der Waals surface area contributed by atoms with Crippen LogP contribution in [0, 0.1) is 0 Å². The minimum absolute atomic E-state index is 0.419. The molecule has 2 aromatic rings. The summed E-state index contributed by atoms with van der Waals surface area (Å²) in [4.78, 5) is 0. The Morgan fingerprint density at radius 3 is 2.42 bits per heavy atom. The van der Waals surface area contributed by atoms with E-state index in [1.165, 1.54) is 16.8 Å². The Hall–Kier alpha value is -1.96. The van der Waals surface area contributed by atoms with Crippen LogP contribution < -0.4 is 10.1 Å². The predicted octanol–water partition coefficient (Wildman–Crippen LogP) is 4.11. The van der Waals surface area contributed by atoms with Crippen LogP contribution in [0.3, 0.4) is 0 Å². The maximum absolute atomic E-state index is 5.32. The monoisotopic (exact) mass is 255 g/mol. The third kappa shape index (κ3) is 3.75. The first-order valence-corrected chi connectivity index (χ1v) is 6.66. The van der Waals surface area contributed by atoms with E-state index in [2.05, 4.69) is 55.6 Å². The molecule has 0 aliphatic carbocycles. The second kappa shape index (κ2) is 6.28. The number of rotatable bonds is 5. The van der Waals surface area contributed by atoms with Crippen molar-refractivity contribution in [3.05, 3.63) is 59.7 Å². The third-order valence-corrected chi connectivity index (χ3v) is 2.99. The summed E-state index contributed by atoms with van der Waals surface area (Å²) in [5.74, 6) is 0.903. The highest BCUT2D eigenvalue weighted by atomic mass is 16.5. The Labute approximate surface area is 115 Å². The number of methoxy groups -OCH3 is 1. The Bertz CT molecular complexity index is 520. The van der Waals surface area contributed by atoms with Crippen LogP contribution in [0.5, 0.6) is 5.75 Å². The predicted molar refractivity (Wildman–Crippen MR) is 81.0 cm³/mol. The van der Waals surface area contributed by atoms with E-state index in [9.17, 15) is 0 Å². The molecule has 19 heavy (non-hydrogen) atoms. The molecule has 0 amide bonds. The van der Waals surface area contributed by atoms with E-state index in [-0.39, 0.29) is 0 Å². The Morgan fingerprint density at radius 1 is 1.05 bits per heavy atom. The van der Waals surface area contributed by atoms with E-state index < -0.39 is 0 Å². The van der Waals surface area contributed by atoms with Crippen molar-refractivity contribution >= 4 is 5.69 Å². The van der Waals surface area contributed by atoms with E-state index in [4.69, 9.17) is 4.74 Å². The van der Waals surface area contributed by atoms with Crippen molar-refractivity contribution < 1.29 is 4.74 Å². The lowest BCUT2D eigenvalue weighted by Crippen LogP contribution is -2.11. The van der Waals surface area contributed by atoms with Crippen LogP contribution in [0.15, 0.2) is 48.5 Å². The minimum Gasteiger partial charge on any atom is -0.497 e. The fourth-order valence-electron chi connectivity index (χ4n) is 2.11. The molecule has 0 radical (unpaired) electrons. The molecule has 0 aromatic heterocycles. The van der Waals surface area contributed by atoms with E-state index in [1.807, 2.05) is 12.1 Å². The fourth-order valence-corrected chi connectivity index (χ4v) is 2.11. The Morgan fingerprint density at radius 2 is 1.79 bits per heavy atom. The molecule has 0 unspecified atom stereocenters. The van der Waals surface area contributed by atoms with Gasteiger partial charge >= 0.3 is 0 Å². The number of anilines is 1. The molecule has 1 N–H and O–H groups in total. The Balaban J connectivity index is 2.29. The van der Waals surface area contributed by atoms with Crippen molar-refractivity contribution in [1.29, 1.82) is 0 Å². The standard InChI is InChI=1S/C17H21NO/c1-13(2)18-17-10-9-16(19-3)12-15(17)11-14-7-5-4-6-8-14/h4-10,12-13,18H,11H2,1-3H3. The summed E-state index contributed by atoms with van der Waals surface area (Å²) in [6.45, 7) is 4.30. The first-order valence-electron chi connectivity index (χ1n) is 6.66. The lowest BCUT2D eigenvalue weighted by Gasteiger charge is -2.16. The van der Waals surface area contributed by atoms with Crippen molar-refractivity contribution in [2.75, 3.05) is 12.4 Å². The van der Waals surface area contributed by atoms with Gasteiger partial charge in [0.25, 0.3) is 0 Å². The summed E-state index contributed by atoms with van der Waals surface area (Å²) in [6.07, 6.45) is 0.910. The first kappa shape index (κ1) is 13.5. The summed E-state index contributed by atoms with van der Waals surface area (Å²) >= 11 is 0. The molecule has 0 fully saturated rings. The van der Waals surface area contributed by atoms with Crippen LogP contribution in [0.2, 0.25) is 0 Å². The highest BCUT2D eigenvalue weighted by Gasteiger charge is 2.06. The molecule has 2 rings (SSSR count). The summed E-state index contributed by atoms with van der Waals surface area (Å²) < 4.78 is 5.32. The molecule has 0 atom stereocenters. The number of hydrogen-bond donors (Lipinski definition) is 1. The fraction of sp³-hybridized carbons (Fsp3) is 0.294. The van der Waals surface area contributed by atoms with Gasteiger partial charge in [0.2, 0.25) is 0 Å². The van der Waals surface area contributed by atoms with E-state index in [0.29, 0.717) is 6.04 Å². The molecule has 2 heteroatoms. The van der Waals surface area contributed by atoms with Gasteiger partial charge in [-0.1, -0.05) is 30.3 Å². The van der Waals surface area contributed by atoms with Crippen molar-refractivity contribution in [3.8, 4) is 5.75 Å². The van der Waals surface area contributed by atoms with Gasteiger partial charge in [-0.05, 0) is 49.6 Å². The highest BCUT2D eigenvalue weighted by Crippen LogP contribution is 2.25. The smallest absolute Gasteiger partial charge is 0.119 e. The van der Waals surface area contributed by atoms with Gasteiger partial charge in [0.15, 0.2) is 0 Å². The molecule has 0 aliphatic rings. The SMILES string of the molecule is COc1ccc(NC(C)C)c(Cc2ccccc2)c1. The molecular weight excluding hydrogens is 234 g/mol. The number of nitrogens with one attached hydrogen (secondary N) is 1. The van der Waals surface area contributed by atoms with Crippen molar-refractivity contribution in [2.45, 2.75) is 26.3 Å². The summed E-state index contributed by atoms with van der Waals surface area (Å²) in [7, 11) is 1.71. The topological polar surface area (TPSA) is 21.3 Å². The van der Waals surface area contributed by atoms with Gasteiger partial charge in [0, 0.05) is 11.7 Å². The van der Waals surface area contributed by atoms with Gasteiger partial charge in [-0.3, -0.25) is 0 Å². The van der Waals surface area contributed by atoms with Crippen molar-refractivity contribution in [3.63, 3.8) is 0 Å². The summed E-state index contributed by atoms with van der Waals surface area (Å²) in [6, 6.07) is 17.1. The number of ether oxygens (including phenoxy) is 1. The number of hydrogen-bond acceptors (Lipinski definition) is 2. The molecule has 2 aromatic carbocycles. The first-order chi connectivity index (χ1) is 9.19. The molecule has 0 bridgehead atoms. The Kier molecular flexibility index (Phi) is 4.45. The van der Waals surface area contributed by atoms with Crippen LogP contribution in [-0.4, -0.2) is 13.2 Å². The summed E-state index contributed by atoms with van der Waals surface area (Å²) in [5, 5.41) is 3.49. The normalized spacial score (nSPS) is 10.5. The van der Waals surface area contributed by atoms with Gasteiger partial charge < -0.3 is 10.1 Å². The molecule has 100 valence electrons. The van der Waals surface area contributed by atoms with Crippen molar-refractivity contribution in [2.24, 2.45) is 0 Å². The molecular formula is C17H21NO. The molecule has 0 aliphatic heterocycles. The van der Waals surface area contributed by atoms with Gasteiger partial charge in [0.1, 0.15) is 5.75 Å². The van der Waals surface area contributed by atoms with Gasteiger partial charge in [-0.25, -0.2) is 0 Å².